The minimum Gasteiger partial charge on any atom is -0.466 e. The Labute approximate surface area is 156 Å². The molecule has 3 heterocycles. The highest BCUT2D eigenvalue weighted by Crippen LogP contribution is 2.31. The predicted octanol–water partition coefficient (Wildman–Crippen LogP) is 3.71. The zero-order valence-corrected chi connectivity index (χ0v) is 15.3. The number of carbonyl (C=O) groups excluding carboxylic acids is 1. The van der Waals surface area contributed by atoms with Gasteiger partial charge in [0, 0.05) is 17.3 Å². The average Bonchev–Trinajstić information content (AvgIpc) is 3.10. The molecule has 7 heteroatoms. The molecule has 0 radical (unpaired) electrons. The van der Waals surface area contributed by atoms with Gasteiger partial charge in [-0.15, -0.1) is 11.3 Å². The Hall–Kier alpha value is -2.80. The van der Waals surface area contributed by atoms with E-state index in [9.17, 15) is 4.79 Å². The zero-order valence-electron chi connectivity index (χ0n) is 14.5. The summed E-state index contributed by atoms with van der Waals surface area (Å²) in [5, 5.41) is 4.09. The van der Waals surface area contributed by atoms with E-state index in [1.807, 2.05) is 43.3 Å². The molecule has 0 aliphatic carbocycles. The SMILES string of the molecule is CCOC(=O)CCc1sc(NCc2ccccn2)nc1-c1ccccn1. The first-order valence-corrected chi connectivity index (χ1v) is 9.28. The zero-order chi connectivity index (χ0) is 18.2. The Morgan fingerprint density at radius 3 is 2.65 bits per heavy atom. The van der Waals surface area contributed by atoms with E-state index < -0.39 is 0 Å². The molecule has 0 spiro atoms. The van der Waals surface area contributed by atoms with Crippen LogP contribution in [0.25, 0.3) is 11.4 Å². The maximum absolute atomic E-state index is 11.7. The molecule has 0 aromatic carbocycles. The molecule has 0 bridgehead atoms. The van der Waals surface area contributed by atoms with Crippen LogP contribution in [0.5, 0.6) is 0 Å². The number of ether oxygens (including phenoxy) is 1. The van der Waals surface area contributed by atoms with Gasteiger partial charge in [0.25, 0.3) is 0 Å². The van der Waals surface area contributed by atoms with Crippen molar-refractivity contribution in [2.24, 2.45) is 0 Å². The molecule has 0 saturated carbocycles. The molecule has 3 aromatic rings. The van der Waals surface area contributed by atoms with Gasteiger partial charge < -0.3 is 10.1 Å². The highest BCUT2D eigenvalue weighted by molar-refractivity contribution is 7.16. The minimum atomic E-state index is -0.198. The van der Waals surface area contributed by atoms with E-state index in [2.05, 4.69) is 20.3 Å². The van der Waals surface area contributed by atoms with Crippen LogP contribution in [0.15, 0.2) is 48.8 Å². The predicted molar refractivity (Wildman–Crippen MR) is 102 cm³/mol. The second-order valence-corrected chi connectivity index (χ2v) is 6.57. The fourth-order valence-corrected chi connectivity index (χ4v) is 3.38. The molecule has 0 fully saturated rings. The summed E-state index contributed by atoms with van der Waals surface area (Å²) in [7, 11) is 0. The van der Waals surface area contributed by atoms with Crippen LogP contribution in [0.1, 0.15) is 23.9 Å². The first-order valence-electron chi connectivity index (χ1n) is 8.46. The number of carbonyl (C=O) groups is 1. The molecule has 6 nitrogen and oxygen atoms in total. The quantitative estimate of drug-likeness (QED) is 0.611. The van der Waals surface area contributed by atoms with Gasteiger partial charge in [-0.1, -0.05) is 12.1 Å². The molecular weight excluding hydrogens is 348 g/mol. The van der Waals surface area contributed by atoms with Crippen LogP contribution in [-0.4, -0.2) is 27.5 Å². The van der Waals surface area contributed by atoms with Crippen molar-refractivity contribution in [1.82, 2.24) is 15.0 Å². The molecular formula is C19H20N4O2S. The van der Waals surface area contributed by atoms with E-state index in [0.29, 0.717) is 26.0 Å². The number of hydrogen-bond donors (Lipinski definition) is 1. The lowest BCUT2D eigenvalue weighted by atomic mass is 10.2. The molecule has 1 N–H and O–H groups in total. The van der Waals surface area contributed by atoms with Crippen molar-refractivity contribution in [3.63, 3.8) is 0 Å². The van der Waals surface area contributed by atoms with Gasteiger partial charge in [-0.25, -0.2) is 4.98 Å². The number of anilines is 1. The van der Waals surface area contributed by atoms with E-state index >= 15 is 0 Å². The number of nitrogens with zero attached hydrogens (tertiary/aromatic N) is 3. The number of aryl methyl sites for hydroxylation is 1. The summed E-state index contributed by atoms with van der Waals surface area (Å²) >= 11 is 1.54. The third-order valence-corrected chi connectivity index (χ3v) is 4.69. The highest BCUT2D eigenvalue weighted by Gasteiger charge is 2.15. The standard InChI is InChI=1S/C19H20N4O2S/c1-2-25-17(24)10-9-16-18(15-8-4-6-12-21-15)23-19(26-16)22-13-14-7-3-5-11-20-14/h3-8,11-12H,2,9-10,13H2,1H3,(H,22,23). The summed E-state index contributed by atoms with van der Waals surface area (Å²) < 4.78 is 5.03. The Morgan fingerprint density at radius 2 is 1.96 bits per heavy atom. The van der Waals surface area contributed by atoms with Crippen molar-refractivity contribution < 1.29 is 9.53 Å². The van der Waals surface area contributed by atoms with E-state index in [4.69, 9.17) is 4.74 Å². The van der Waals surface area contributed by atoms with Crippen LogP contribution in [0.2, 0.25) is 0 Å². The second-order valence-electron chi connectivity index (χ2n) is 5.49. The number of hydrogen-bond acceptors (Lipinski definition) is 7. The van der Waals surface area contributed by atoms with Gasteiger partial charge in [0.05, 0.1) is 31.0 Å². The van der Waals surface area contributed by atoms with Crippen LogP contribution in [0.3, 0.4) is 0 Å². The summed E-state index contributed by atoms with van der Waals surface area (Å²) in [6, 6.07) is 11.5. The topological polar surface area (TPSA) is 77.0 Å². The van der Waals surface area contributed by atoms with Crippen LogP contribution in [0, 0.1) is 0 Å². The lowest BCUT2D eigenvalue weighted by Gasteiger charge is -2.02. The number of rotatable bonds is 8. The van der Waals surface area contributed by atoms with Gasteiger partial charge in [0.1, 0.15) is 5.69 Å². The molecule has 134 valence electrons. The fourth-order valence-electron chi connectivity index (χ4n) is 2.42. The number of nitrogens with one attached hydrogen (secondary N) is 1. The third-order valence-electron chi connectivity index (χ3n) is 3.61. The molecule has 3 aromatic heterocycles. The Balaban J connectivity index is 1.77. The van der Waals surface area contributed by atoms with Gasteiger partial charge in [-0.3, -0.25) is 14.8 Å². The van der Waals surface area contributed by atoms with Gasteiger partial charge >= 0.3 is 5.97 Å². The van der Waals surface area contributed by atoms with Crippen molar-refractivity contribution in [2.45, 2.75) is 26.3 Å². The monoisotopic (exact) mass is 368 g/mol. The maximum atomic E-state index is 11.7. The average molecular weight is 368 g/mol. The molecule has 0 aliphatic rings. The van der Waals surface area contributed by atoms with Crippen molar-refractivity contribution in [3.05, 3.63) is 59.4 Å². The lowest BCUT2D eigenvalue weighted by Crippen LogP contribution is -2.05. The summed E-state index contributed by atoms with van der Waals surface area (Å²) in [6.07, 6.45) is 4.41. The molecule has 3 rings (SSSR count). The van der Waals surface area contributed by atoms with E-state index in [1.165, 1.54) is 11.3 Å². The largest absolute Gasteiger partial charge is 0.466 e. The van der Waals surface area contributed by atoms with Gasteiger partial charge in [-0.05, 0) is 37.6 Å². The summed E-state index contributed by atoms with van der Waals surface area (Å²) in [5.74, 6) is -0.198. The van der Waals surface area contributed by atoms with Crippen molar-refractivity contribution >= 4 is 22.4 Å². The van der Waals surface area contributed by atoms with E-state index in [-0.39, 0.29) is 5.97 Å². The van der Waals surface area contributed by atoms with Crippen LogP contribution >= 0.6 is 11.3 Å². The molecule has 0 unspecified atom stereocenters. The van der Waals surface area contributed by atoms with Gasteiger partial charge in [-0.2, -0.15) is 0 Å². The molecule has 26 heavy (non-hydrogen) atoms. The highest BCUT2D eigenvalue weighted by atomic mass is 32.1. The fraction of sp³-hybridized carbons (Fsp3) is 0.263. The first-order chi connectivity index (χ1) is 12.8. The Kier molecular flexibility index (Phi) is 6.27. The number of esters is 1. The smallest absolute Gasteiger partial charge is 0.306 e. The summed E-state index contributed by atoms with van der Waals surface area (Å²) in [4.78, 5) is 26.1. The number of thiazole rings is 1. The maximum Gasteiger partial charge on any atom is 0.306 e. The van der Waals surface area contributed by atoms with Crippen molar-refractivity contribution in [1.29, 1.82) is 0 Å². The lowest BCUT2D eigenvalue weighted by molar-refractivity contribution is -0.143. The molecule has 0 saturated heterocycles. The van der Waals surface area contributed by atoms with Crippen LogP contribution in [-0.2, 0) is 22.5 Å². The van der Waals surface area contributed by atoms with Crippen molar-refractivity contribution in [2.75, 3.05) is 11.9 Å². The minimum absolute atomic E-state index is 0.198. The second kappa shape index (κ2) is 9.05. The van der Waals surface area contributed by atoms with Crippen LogP contribution < -0.4 is 5.32 Å². The normalized spacial score (nSPS) is 10.5. The number of pyridine rings is 2. The Morgan fingerprint density at radius 1 is 1.15 bits per heavy atom. The molecule has 0 amide bonds. The van der Waals surface area contributed by atoms with Gasteiger partial charge in [0.15, 0.2) is 5.13 Å². The van der Waals surface area contributed by atoms with E-state index in [1.54, 1.807) is 12.4 Å². The Bertz CT molecular complexity index is 837. The molecule has 0 atom stereocenters. The van der Waals surface area contributed by atoms with Crippen LogP contribution in [0.4, 0.5) is 5.13 Å². The van der Waals surface area contributed by atoms with Crippen molar-refractivity contribution in [3.8, 4) is 11.4 Å². The van der Waals surface area contributed by atoms with Gasteiger partial charge in [0.2, 0.25) is 0 Å². The summed E-state index contributed by atoms with van der Waals surface area (Å²) in [6.45, 7) is 2.79. The first kappa shape index (κ1) is 18.0. The number of aromatic nitrogens is 3. The summed E-state index contributed by atoms with van der Waals surface area (Å²) in [5.41, 5.74) is 2.55. The van der Waals surface area contributed by atoms with E-state index in [0.717, 1.165) is 27.1 Å². The molecule has 0 aliphatic heterocycles. The third kappa shape index (κ3) is 4.86.